The molecule has 0 aliphatic rings. The molecule has 1 amide bonds. The van der Waals surface area contributed by atoms with Gasteiger partial charge in [0.1, 0.15) is 5.82 Å². The summed E-state index contributed by atoms with van der Waals surface area (Å²) in [7, 11) is 0. The van der Waals surface area contributed by atoms with Crippen LogP contribution in [0.2, 0.25) is 10.0 Å². The number of nitrogens with zero attached hydrogens (tertiary/aromatic N) is 1. The van der Waals surface area contributed by atoms with Crippen molar-refractivity contribution in [3.63, 3.8) is 0 Å². The minimum atomic E-state index is -0.306. The largest absolute Gasteiger partial charge is 0.353 e. The number of aromatic nitrogens is 2. The normalized spacial score (nSPS) is 11.3. The van der Waals surface area contributed by atoms with Crippen LogP contribution in [0.3, 0.4) is 0 Å². The smallest absolute Gasteiger partial charge is 0.224 e. The molecule has 0 fully saturated rings. The van der Waals surface area contributed by atoms with Gasteiger partial charge in [0.2, 0.25) is 5.91 Å². The number of anilines is 1. The maximum absolute atomic E-state index is 14.1. The fourth-order valence-corrected chi connectivity index (χ4v) is 4.49. The van der Waals surface area contributed by atoms with E-state index in [4.69, 9.17) is 28.2 Å². The van der Waals surface area contributed by atoms with E-state index in [0.29, 0.717) is 28.6 Å². The SMILES string of the molecule is O=C(CCCc1c(-c2ccc3ccccc3n2)[nH]c2ccc(F)cc12)Nc1cccc(Cl)c1Cl. The average Bonchev–Trinajstić information content (AvgIpc) is 3.19. The summed E-state index contributed by atoms with van der Waals surface area (Å²) in [6.07, 6.45) is 1.41. The van der Waals surface area contributed by atoms with Gasteiger partial charge < -0.3 is 10.3 Å². The van der Waals surface area contributed by atoms with Gasteiger partial charge in [0.15, 0.2) is 0 Å². The van der Waals surface area contributed by atoms with Crippen LogP contribution in [0.4, 0.5) is 10.1 Å². The first-order valence-corrected chi connectivity index (χ1v) is 11.7. The third-order valence-corrected chi connectivity index (χ3v) is 6.60. The lowest BCUT2D eigenvalue weighted by Gasteiger charge is -2.09. The highest BCUT2D eigenvalue weighted by Crippen LogP contribution is 2.33. The van der Waals surface area contributed by atoms with Crippen LogP contribution in [0, 0.1) is 5.82 Å². The second kappa shape index (κ2) is 9.45. The predicted octanol–water partition coefficient (Wildman–Crippen LogP) is 7.79. The Morgan fingerprint density at radius 1 is 1.00 bits per heavy atom. The lowest BCUT2D eigenvalue weighted by Crippen LogP contribution is -2.12. The maximum Gasteiger partial charge on any atom is 0.224 e. The number of aryl methyl sites for hydroxylation is 1. The Hall–Kier alpha value is -3.41. The highest BCUT2D eigenvalue weighted by Gasteiger charge is 2.16. The Bertz CT molecular complexity index is 1530. The minimum Gasteiger partial charge on any atom is -0.353 e. The van der Waals surface area contributed by atoms with E-state index in [0.717, 1.165) is 38.8 Å². The van der Waals surface area contributed by atoms with Crippen LogP contribution < -0.4 is 5.32 Å². The zero-order chi connectivity index (χ0) is 23.7. The third kappa shape index (κ3) is 4.49. The number of nitrogens with one attached hydrogen (secondary N) is 2. The molecule has 34 heavy (non-hydrogen) atoms. The van der Waals surface area contributed by atoms with Gasteiger partial charge in [-0.2, -0.15) is 0 Å². The number of carbonyl (C=O) groups is 1. The Labute approximate surface area is 205 Å². The first-order chi connectivity index (χ1) is 16.5. The van der Waals surface area contributed by atoms with Crippen LogP contribution in [-0.4, -0.2) is 15.9 Å². The molecule has 5 aromatic rings. The quantitative estimate of drug-likeness (QED) is 0.254. The van der Waals surface area contributed by atoms with Crippen LogP contribution in [0.25, 0.3) is 33.2 Å². The van der Waals surface area contributed by atoms with E-state index in [1.807, 2.05) is 36.4 Å². The second-order valence-corrected chi connectivity index (χ2v) is 8.85. The molecule has 2 heterocycles. The first kappa shape index (κ1) is 22.4. The molecule has 0 bridgehead atoms. The molecule has 3 aromatic carbocycles. The molecule has 0 spiro atoms. The van der Waals surface area contributed by atoms with Crippen LogP contribution in [0.1, 0.15) is 18.4 Å². The number of benzene rings is 3. The number of fused-ring (bicyclic) bond motifs is 2. The van der Waals surface area contributed by atoms with E-state index in [2.05, 4.69) is 10.3 Å². The number of aromatic amines is 1. The summed E-state index contributed by atoms with van der Waals surface area (Å²) in [4.78, 5) is 20.7. The van der Waals surface area contributed by atoms with Gasteiger partial charge in [-0.15, -0.1) is 0 Å². The number of pyridine rings is 1. The number of H-pyrrole nitrogens is 1. The van der Waals surface area contributed by atoms with Gasteiger partial charge in [-0.05, 0) is 60.9 Å². The zero-order valence-electron chi connectivity index (χ0n) is 18.0. The van der Waals surface area contributed by atoms with Crippen molar-refractivity contribution in [2.45, 2.75) is 19.3 Å². The second-order valence-electron chi connectivity index (χ2n) is 8.06. The summed E-state index contributed by atoms with van der Waals surface area (Å²) < 4.78 is 14.1. The molecule has 4 nitrogen and oxygen atoms in total. The molecule has 0 saturated heterocycles. The van der Waals surface area contributed by atoms with Gasteiger partial charge >= 0.3 is 0 Å². The number of hydrogen-bond acceptors (Lipinski definition) is 2. The molecule has 0 saturated carbocycles. The molecular weight excluding hydrogens is 472 g/mol. The fourth-order valence-electron chi connectivity index (χ4n) is 4.14. The van der Waals surface area contributed by atoms with E-state index in [1.165, 1.54) is 12.1 Å². The van der Waals surface area contributed by atoms with E-state index in [-0.39, 0.29) is 18.1 Å². The molecule has 2 aromatic heterocycles. The zero-order valence-corrected chi connectivity index (χ0v) is 19.6. The number of carbonyl (C=O) groups excluding carboxylic acids is 1. The van der Waals surface area contributed by atoms with Crippen LogP contribution in [0.5, 0.6) is 0 Å². The molecule has 0 unspecified atom stereocenters. The molecule has 0 aliphatic carbocycles. The topological polar surface area (TPSA) is 57.8 Å². The van der Waals surface area contributed by atoms with Crippen molar-refractivity contribution in [2.75, 3.05) is 5.32 Å². The third-order valence-electron chi connectivity index (χ3n) is 5.78. The molecule has 0 aliphatic heterocycles. The van der Waals surface area contributed by atoms with Gasteiger partial charge in [0.25, 0.3) is 0 Å². The summed E-state index contributed by atoms with van der Waals surface area (Å²) in [5.41, 5.74) is 4.75. The predicted molar refractivity (Wildman–Crippen MR) is 137 cm³/mol. The number of amides is 1. The number of rotatable bonds is 6. The molecule has 5 rings (SSSR count). The molecule has 2 N–H and O–H groups in total. The lowest BCUT2D eigenvalue weighted by molar-refractivity contribution is -0.116. The highest BCUT2D eigenvalue weighted by molar-refractivity contribution is 6.44. The Kier molecular flexibility index (Phi) is 6.22. The standard InChI is InChI=1S/C27H20Cl2FN3O/c28-20-7-4-9-23(26(20)29)32-25(34)10-3-6-18-19-15-17(30)12-14-22(19)33-27(18)24-13-11-16-5-1-2-8-21(16)31-24/h1-2,4-5,7-9,11-15,33H,3,6,10H2,(H,32,34). The van der Waals surface area contributed by atoms with Crippen molar-refractivity contribution in [1.82, 2.24) is 9.97 Å². The highest BCUT2D eigenvalue weighted by atomic mass is 35.5. The van der Waals surface area contributed by atoms with E-state index in [1.54, 1.807) is 24.3 Å². The Morgan fingerprint density at radius 3 is 2.74 bits per heavy atom. The van der Waals surface area contributed by atoms with Crippen molar-refractivity contribution in [3.8, 4) is 11.4 Å². The van der Waals surface area contributed by atoms with Crippen molar-refractivity contribution in [1.29, 1.82) is 0 Å². The van der Waals surface area contributed by atoms with Gasteiger partial charge in [-0.25, -0.2) is 9.37 Å². The molecule has 0 atom stereocenters. The molecule has 0 radical (unpaired) electrons. The van der Waals surface area contributed by atoms with E-state index >= 15 is 0 Å². The first-order valence-electron chi connectivity index (χ1n) is 10.9. The Balaban J connectivity index is 1.41. The number of para-hydroxylation sites is 1. The van der Waals surface area contributed by atoms with Crippen molar-refractivity contribution >= 4 is 56.6 Å². The number of hydrogen-bond donors (Lipinski definition) is 2. The van der Waals surface area contributed by atoms with Gasteiger partial charge in [0, 0.05) is 22.7 Å². The molecule has 170 valence electrons. The average molecular weight is 492 g/mol. The van der Waals surface area contributed by atoms with E-state index < -0.39 is 0 Å². The van der Waals surface area contributed by atoms with Crippen molar-refractivity contribution < 1.29 is 9.18 Å². The van der Waals surface area contributed by atoms with Gasteiger partial charge in [-0.1, -0.05) is 53.5 Å². The fraction of sp³-hybridized carbons (Fsp3) is 0.111. The van der Waals surface area contributed by atoms with Crippen molar-refractivity contribution in [2.24, 2.45) is 0 Å². The van der Waals surface area contributed by atoms with Gasteiger partial charge in [-0.3, -0.25) is 4.79 Å². The summed E-state index contributed by atoms with van der Waals surface area (Å²) in [5.74, 6) is -0.473. The monoisotopic (exact) mass is 491 g/mol. The van der Waals surface area contributed by atoms with Crippen LogP contribution >= 0.6 is 23.2 Å². The van der Waals surface area contributed by atoms with E-state index in [9.17, 15) is 9.18 Å². The van der Waals surface area contributed by atoms with Crippen molar-refractivity contribution in [3.05, 3.63) is 94.2 Å². The number of halogens is 3. The molecule has 7 heteroatoms. The summed E-state index contributed by atoms with van der Waals surface area (Å²) in [6.45, 7) is 0. The van der Waals surface area contributed by atoms with Crippen LogP contribution in [-0.2, 0) is 11.2 Å². The summed E-state index contributed by atoms with van der Waals surface area (Å²) in [6, 6.07) is 21.7. The summed E-state index contributed by atoms with van der Waals surface area (Å²) >= 11 is 12.2. The Morgan fingerprint density at radius 2 is 1.85 bits per heavy atom. The minimum absolute atomic E-state index is 0.166. The van der Waals surface area contributed by atoms with Gasteiger partial charge in [0.05, 0.1) is 32.6 Å². The lowest BCUT2D eigenvalue weighted by atomic mass is 10.0. The summed E-state index contributed by atoms with van der Waals surface area (Å²) in [5, 5.41) is 5.35. The molecular formula is C27H20Cl2FN3O. The van der Waals surface area contributed by atoms with Crippen LogP contribution in [0.15, 0.2) is 72.8 Å². The maximum atomic E-state index is 14.1.